The molecular formula is C26H28N4O2S. The molecule has 1 aliphatic heterocycles. The third-order valence-electron chi connectivity index (χ3n) is 6.24. The van der Waals surface area contributed by atoms with Crippen LogP contribution in [0.3, 0.4) is 0 Å². The average Bonchev–Trinajstić information content (AvgIpc) is 3.19. The fourth-order valence-corrected chi connectivity index (χ4v) is 5.94. The van der Waals surface area contributed by atoms with Gasteiger partial charge in [0.1, 0.15) is 4.83 Å². The molecule has 0 N–H and O–H groups in total. The van der Waals surface area contributed by atoms with Crippen LogP contribution in [0.4, 0.5) is 0 Å². The van der Waals surface area contributed by atoms with Crippen molar-refractivity contribution < 1.29 is 0 Å². The van der Waals surface area contributed by atoms with Gasteiger partial charge in [-0.15, -0.1) is 11.3 Å². The lowest BCUT2D eigenvalue weighted by Gasteiger charge is -2.26. The lowest BCUT2D eigenvalue weighted by atomic mass is 10.0. The van der Waals surface area contributed by atoms with E-state index in [-0.39, 0.29) is 11.2 Å². The van der Waals surface area contributed by atoms with Crippen LogP contribution in [-0.2, 0) is 26.1 Å². The first kappa shape index (κ1) is 21.8. The van der Waals surface area contributed by atoms with E-state index in [1.54, 1.807) is 15.9 Å². The average molecular weight is 461 g/mol. The molecular weight excluding hydrogens is 432 g/mol. The number of fused-ring (bicyclic) bond motifs is 3. The normalized spacial score (nSPS) is 14.2. The van der Waals surface area contributed by atoms with Gasteiger partial charge in [0.05, 0.1) is 11.1 Å². The molecule has 2 aromatic heterocycles. The van der Waals surface area contributed by atoms with E-state index >= 15 is 0 Å². The molecule has 6 nitrogen and oxygen atoms in total. The summed E-state index contributed by atoms with van der Waals surface area (Å²) in [5.74, 6) is 0. The van der Waals surface area contributed by atoms with Crippen molar-refractivity contribution in [2.45, 2.75) is 26.1 Å². The maximum Gasteiger partial charge on any atom is 0.336 e. The second-order valence-corrected chi connectivity index (χ2v) is 9.93. The smallest absolute Gasteiger partial charge is 0.308 e. The number of benzene rings is 2. The van der Waals surface area contributed by atoms with Gasteiger partial charge >= 0.3 is 5.69 Å². The highest BCUT2D eigenvalue weighted by atomic mass is 32.1. The predicted octanol–water partition coefficient (Wildman–Crippen LogP) is 3.33. The van der Waals surface area contributed by atoms with Crippen LogP contribution in [0.15, 0.2) is 70.3 Å². The molecule has 0 aliphatic carbocycles. The highest BCUT2D eigenvalue weighted by Gasteiger charge is 2.26. The number of hydrogen-bond donors (Lipinski definition) is 0. The van der Waals surface area contributed by atoms with Gasteiger partial charge in [0, 0.05) is 37.6 Å². The largest absolute Gasteiger partial charge is 0.336 e. The molecule has 7 heteroatoms. The molecule has 5 rings (SSSR count). The van der Waals surface area contributed by atoms with Gasteiger partial charge in [0.15, 0.2) is 0 Å². The number of rotatable bonds is 6. The van der Waals surface area contributed by atoms with Gasteiger partial charge in [-0.1, -0.05) is 48.5 Å². The van der Waals surface area contributed by atoms with Crippen molar-refractivity contribution >= 4 is 21.6 Å². The van der Waals surface area contributed by atoms with Gasteiger partial charge in [-0.2, -0.15) is 0 Å². The van der Waals surface area contributed by atoms with E-state index in [9.17, 15) is 9.59 Å². The number of aromatic nitrogens is 2. The van der Waals surface area contributed by atoms with Crippen LogP contribution in [-0.4, -0.2) is 46.1 Å². The van der Waals surface area contributed by atoms with E-state index in [1.807, 2.05) is 50.5 Å². The molecule has 33 heavy (non-hydrogen) atoms. The number of thiophene rings is 1. The molecule has 4 aromatic rings. The zero-order valence-electron chi connectivity index (χ0n) is 19.0. The standard InChI is InChI=1S/C26H28N4O2S/c1-27(2)15-16-29-25-23(24(31)30(26(29)32)20-11-7-4-8-12-20)21-13-14-28(18-22(21)33-25)17-19-9-5-3-6-10-19/h3-12H,13-18H2,1-2H3. The number of likely N-dealkylation sites (N-methyl/N-ethyl adjacent to an activating group) is 1. The summed E-state index contributed by atoms with van der Waals surface area (Å²) >= 11 is 1.61. The predicted molar refractivity (Wildman–Crippen MR) is 134 cm³/mol. The Morgan fingerprint density at radius 1 is 0.970 bits per heavy atom. The Kier molecular flexibility index (Phi) is 6.01. The summed E-state index contributed by atoms with van der Waals surface area (Å²) < 4.78 is 3.15. The van der Waals surface area contributed by atoms with Crippen LogP contribution >= 0.6 is 11.3 Å². The summed E-state index contributed by atoms with van der Waals surface area (Å²) in [4.78, 5) is 33.7. The number of nitrogens with zero attached hydrogens (tertiary/aromatic N) is 4. The van der Waals surface area contributed by atoms with E-state index in [1.165, 1.54) is 15.0 Å². The zero-order valence-corrected chi connectivity index (χ0v) is 19.8. The van der Waals surface area contributed by atoms with Crippen molar-refractivity contribution in [3.05, 3.63) is 97.5 Å². The van der Waals surface area contributed by atoms with Crippen LogP contribution in [0.5, 0.6) is 0 Å². The molecule has 0 fully saturated rings. The topological polar surface area (TPSA) is 50.5 Å². The highest BCUT2D eigenvalue weighted by Crippen LogP contribution is 2.33. The zero-order chi connectivity index (χ0) is 22.9. The SMILES string of the molecule is CN(C)CCn1c(=O)n(-c2ccccc2)c(=O)c2c3c(sc21)CN(Cc1ccccc1)CC3. The van der Waals surface area contributed by atoms with Gasteiger partial charge < -0.3 is 4.90 Å². The summed E-state index contributed by atoms with van der Waals surface area (Å²) in [6.45, 7) is 3.86. The van der Waals surface area contributed by atoms with Crippen molar-refractivity contribution in [2.75, 3.05) is 27.2 Å². The minimum absolute atomic E-state index is 0.198. The summed E-state index contributed by atoms with van der Waals surface area (Å²) in [5.41, 5.74) is 2.56. The molecule has 2 aromatic carbocycles. The molecule has 0 atom stereocenters. The Balaban J connectivity index is 1.63. The first-order valence-corrected chi connectivity index (χ1v) is 12.1. The van der Waals surface area contributed by atoms with E-state index in [2.05, 4.69) is 34.1 Å². The number of para-hydroxylation sites is 1. The van der Waals surface area contributed by atoms with Crippen molar-refractivity contribution in [1.82, 2.24) is 18.9 Å². The maximum atomic E-state index is 13.7. The molecule has 0 saturated carbocycles. The second kappa shape index (κ2) is 9.09. The minimum Gasteiger partial charge on any atom is -0.308 e. The highest BCUT2D eigenvalue weighted by molar-refractivity contribution is 7.18. The molecule has 3 heterocycles. The lowest BCUT2D eigenvalue weighted by molar-refractivity contribution is 0.249. The second-order valence-electron chi connectivity index (χ2n) is 8.84. The Morgan fingerprint density at radius 3 is 2.36 bits per heavy atom. The van der Waals surface area contributed by atoms with Crippen molar-refractivity contribution in [3.63, 3.8) is 0 Å². The molecule has 0 spiro atoms. The summed E-state index contributed by atoms with van der Waals surface area (Å²) in [5, 5.41) is 0.719. The van der Waals surface area contributed by atoms with Crippen LogP contribution in [0, 0.1) is 0 Å². The summed E-state index contributed by atoms with van der Waals surface area (Å²) in [6.07, 6.45) is 0.818. The van der Waals surface area contributed by atoms with Crippen molar-refractivity contribution in [2.24, 2.45) is 0 Å². The maximum absolute atomic E-state index is 13.7. The van der Waals surface area contributed by atoms with Crippen LogP contribution in [0.1, 0.15) is 16.0 Å². The molecule has 0 radical (unpaired) electrons. The Labute approximate surface area is 196 Å². The molecule has 0 unspecified atom stereocenters. The van der Waals surface area contributed by atoms with E-state index in [4.69, 9.17) is 0 Å². The van der Waals surface area contributed by atoms with Crippen molar-refractivity contribution in [1.29, 1.82) is 0 Å². The van der Waals surface area contributed by atoms with Gasteiger partial charge in [0.25, 0.3) is 5.56 Å². The van der Waals surface area contributed by atoms with E-state index < -0.39 is 0 Å². The van der Waals surface area contributed by atoms with Crippen LogP contribution in [0.2, 0.25) is 0 Å². The van der Waals surface area contributed by atoms with Gasteiger partial charge in [-0.25, -0.2) is 9.36 Å². The molecule has 0 bridgehead atoms. The third-order valence-corrected chi connectivity index (χ3v) is 7.48. The van der Waals surface area contributed by atoms with Crippen LogP contribution in [0.25, 0.3) is 15.9 Å². The summed E-state index contributed by atoms with van der Waals surface area (Å²) in [7, 11) is 3.99. The monoisotopic (exact) mass is 460 g/mol. The Hall–Kier alpha value is -3.00. The van der Waals surface area contributed by atoms with Crippen LogP contribution < -0.4 is 11.2 Å². The molecule has 170 valence electrons. The summed E-state index contributed by atoms with van der Waals surface area (Å²) in [6, 6.07) is 19.7. The fourth-order valence-electron chi connectivity index (χ4n) is 4.54. The number of hydrogen-bond acceptors (Lipinski definition) is 5. The first-order chi connectivity index (χ1) is 16.0. The van der Waals surface area contributed by atoms with Gasteiger partial charge in [-0.3, -0.25) is 14.3 Å². The molecule has 1 aliphatic rings. The molecule has 0 amide bonds. The van der Waals surface area contributed by atoms with E-state index in [0.29, 0.717) is 12.2 Å². The lowest BCUT2D eigenvalue weighted by Crippen LogP contribution is -2.40. The Morgan fingerprint density at radius 2 is 1.67 bits per heavy atom. The first-order valence-electron chi connectivity index (χ1n) is 11.3. The minimum atomic E-state index is -0.264. The quantitative estimate of drug-likeness (QED) is 0.443. The van der Waals surface area contributed by atoms with Gasteiger partial charge in [-0.05, 0) is 43.8 Å². The molecule has 0 saturated heterocycles. The van der Waals surface area contributed by atoms with Gasteiger partial charge in [0.2, 0.25) is 0 Å². The fraction of sp³-hybridized carbons (Fsp3) is 0.308. The Bertz CT molecular complexity index is 1390. The van der Waals surface area contributed by atoms with E-state index in [0.717, 1.165) is 48.4 Å². The van der Waals surface area contributed by atoms with Crippen molar-refractivity contribution in [3.8, 4) is 5.69 Å². The third kappa shape index (κ3) is 4.19.